The van der Waals surface area contributed by atoms with E-state index in [1.807, 2.05) is 42.6 Å². The third-order valence-corrected chi connectivity index (χ3v) is 7.43. The molecule has 2 heterocycles. The zero-order valence-electron chi connectivity index (χ0n) is 18.1. The number of nitrogens with one attached hydrogen (secondary N) is 1. The Morgan fingerprint density at radius 3 is 2.88 bits per heavy atom. The summed E-state index contributed by atoms with van der Waals surface area (Å²) in [5, 5.41) is 15.7. The van der Waals surface area contributed by atoms with Gasteiger partial charge in [-0.3, -0.25) is 4.79 Å². The minimum Gasteiger partial charge on any atom is -0.431 e. The number of rotatable bonds is 7. The number of nitrogens with zero attached hydrogens (tertiary/aromatic N) is 2. The normalized spacial score (nSPS) is 15.7. The lowest BCUT2D eigenvalue weighted by Crippen LogP contribution is -2.25. The van der Waals surface area contributed by atoms with Crippen molar-refractivity contribution in [2.45, 2.75) is 51.2 Å². The first kappa shape index (κ1) is 23.0. The van der Waals surface area contributed by atoms with Crippen LogP contribution in [0.5, 0.6) is 0 Å². The number of nitriles is 1. The van der Waals surface area contributed by atoms with Gasteiger partial charge >= 0.3 is 6.16 Å². The molecule has 0 fully saturated rings. The van der Waals surface area contributed by atoms with Gasteiger partial charge in [0, 0.05) is 29.3 Å². The largest absolute Gasteiger partial charge is 0.508 e. The van der Waals surface area contributed by atoms with Crippen molar-refractivity contribution in [3.05, 3.63) is 68.5 Å². The maximum Gasteiger partial charge on any atom is 0.508 e. The fourth-order valence-corrected chi connectivity index (χ4v) is 5.64. The van der Waals surface area contributed by atoms with E-state index < -0.39 is 6.16 Å². The highest BCUT2D eigenvalue weighted by Gasteiger charge is 2.29. The lowest BCUT2D eigenvalue weighted by molar-refractivity contribution is -0.116. The first-order valence-electron chi connectivity index (χ1n) is 10.6. The molecule has 1 aliphatic carbocycles. The molecule has 0 saturated carbocycles. The molecule has 170 valence electrons. The molecule has 33 heavy (non-hydrogen) atoms. The van der Waals surface area contributed by atoms with Gasteiger partial charge in [0.25, 0.3) is 0 Å². The van der Waals surface area contributed by atoms with Crippen LogP contribution in [-0.4, -0.2) is 23.2 Å². The molecule has 2 aromatic heterocycles. The predicted molar refractivity (Wildman–Crippen MR) is 126 cm³/mol. The SMILES string of the molecule is CC(CC(=O)Nc1sc2c(c1C#N)CCC(OC(=O)OCc1nccs1)C2)c1ccccc1. The molecule has 1 N–H and O–H groups in total. The maximum absolute atomic E-state index is 12.7. The maximum atomic E-state index is 12.7. The molecule has 1 amide bonds. The minimum atomic E-state index is -0.723. The molecule has 0 aliphatic heterocycles. The standard InChI is InChI=1S/C24H23N3O4S2/c1-15(16-5-3-2-4-6-16)11-21(28)27-23-19(13-25)18-8-7-17(12-20(18)33-23)31-24(29)30-14-22-26-9-10-32-22/h2-6,9-10,15,17H,7-8,11-12,14H2,1H3,(H,27,28). The van der Waals surface area contributed by atoms with E-state index in [4.69, 9.17) is 9.47 Å². The van der Waals surface area contributed by atoms with Crippen LogP contribution in [0.1, 0.15) is 52.3 Å². The molecule has 4 rings (SSSR count). The van der Waals surface area contributed by atoms with Crippen molar-refractivity contribution in [3.8, 4) is 6.07 Å². The summed E-state index contributed by atoms with van der Waals surface area (Å²) in [5.41, 5.74) is 2.55. The summed E-state index contributed by atoms with van der Waals surface area (Å²) >= 11 is 2.79. The number of ether oxygens (including phenoxy) is 2. The number of thiazole rings is 1. The molecule has 0 bridgehead atoms. The number of carbonyl (C=O) groups excluding carboxylic acids is 2. The minimum absolute atomic E-state index is 0.0690. The van der Waals surface area contributed by atoms with Crippen LogP contribution in [0.25, 0.3) is 0 Å². The number of thiophene rings is 1. The summed E-state index contributed by atoms with van der Waals surface area (Å²) in [6, 6.07) is 12.1. The van der Waals surface area contributed by atoms with Crippen molar-refractivity contribution in [1.82, 2.24) is 4.98 Å². The van der Waals surface area contributed by atoms with Gasteiger partial charge in [-0.15, -0.1) is 22.7 Å². The van der Waals surface area contributed by atoms with Gasteiger partial charge < -0.3 is 14.8 Å². The Labute approximate surface area is 200 Å². The molecule has 0 spiro atoms. The topological polar surface area (TPSA) is 101 Å². The number of anilines is 1. The Hall–Kier alpha value is -3.22. The van der Waals surface area contributed by atoms with Crippen LogP contribution in [-0.2, 0) is 33.7 Å². The zero-order chi connectivity index (χ0) is 23.2. The number of aromatic nitrogens is 1. The van der Waals surface area contributed by atoms with Gasteiger partial charge in [0.15, 0.2) is 0 Å². The summed E-state index contributed by atoms with van der Waals surface area (Å²) in [6.45, 7) is 2.10. The van der Waals surface area contributed by atoms with Gasteiger partial charge in [0.05, 0.1) is 5.56 Å². The Morgan fingerprint density at radius 2 is 2.15 bits per heavy atom. The van der Waals surface area contributed by atoms with E-state index in [1.54, 1.807) is 6.20 Å². The quantitative estimate of drug-likeness (QED) is 0.452. The summed E-state index contributed by atoms with van der Waals surface area (Å²) in [6.07, 6.45) is 2.64. The van der Waals surface area contributed by atoms with Crippen molar-refractivity contribution >= 4 is 39.7 Å². The van der Waals surface area contributed by atoms with E-state index in [-0.39, 0.29) is 24.5 Å². The Bertz CT molecular complexity index is 1150. The van der Waals surface area contributed by atoms with Crippen molar-refractivity contribution in [3.63, 3.8) is 0 Å². The molecule has 2 atom stereocenters. The average molecular weight is 482 g/mol. The molecule has 0 radical (unpaired) electrons. The number of amides is 1. The van der Waals surface area contributed by atoms with Crippen LogP contribution in [0.2, 0.25) is 0 Å². The van der Waals surface area contributed by atoms with E-state index in [0.717, 1.165) is 16.0 Å². The molecular weight excluding hydrogens is 458 g/mol. The van der Waals surface area contributed by atoms with E-state index in [9.17, 15) is 14.9 Å². The fourth-order valence-electron chi connectivity index (χ4n) is 3.83. The summed E-state index contributed by atoms with van der Waals surface area (Å²) < 4.78 is 10.6. The number of hydrogen-bond acceptors (Lipinski definition) is 8. The average Bonchev–Trinajstić information content (AvgIpc) is 3.45. The summed E-state index contributed by atoms with van der Waals surface area (Å²) in [4.78, 5) is 29.7. The first-order valence-corrected chi connectivity index (χ1v) is 12.3. The van der Waals surface area contributed by atoms with Gasteiger partial charge in [0.2, 0.25) is 5.91 Å². The molecule has 9 heteroatoms. The van der Waals surface area contributed by atoms with Crippen molar-refractivity contribution in [2.24, 2.45) is 0 Å². The zero-order valence-corrected chi connectivity index (χ0v) is 19.7. The second kappa shape index (κ2) is 10.6. The molecule has 1 aromatic carbocycles. The number of fused-ring (bicyclic) bond motifs is 1. The molecule has 3 aromatic rings. The van der Waals surface area contributed by atoms with Crippen LogP contribution < -0.4 is 5.32 Å². The Balaban J connectivity index is 1.35. The van der Waals surface area contributed by atoms with Crippen molar-refractivity contribution < 1.29 is 19.1 Å². The number of benzene rings is 1. The van der Waals surface area contributed by atoms with Crippen molar-refractivity contribution in [2.75, 3.05) is 5.32 Å². The van der Waals surface area contributed by atoms with Gasteiger partial charge in [-0.25, -0.2) is 9.78 Å². The molecule has 0 saturated heterocycles. The number of hydrogen-bond donors (Lipinski definition) is 1. The van der Waals surface area contributed by atoms with Crippen LogP contribution >= 0.6 is 22.7 Å². The molecule has 1 aliphatic rings. The van der Waals surface area contributed by atoms with Gasteiger partial charge in [-0.05, 0) is 29.9 Å². The van der Waals surface area contributed by atoms with Crippen LogP contribution in [0.15, 0.2) is 41.9 Å². The smallest absolute Gasteiger partial charge is 0.431 e. The van der Waals surface area contributed by atoms with Gasteiger partial charge in [-0.1, -0.05) is 37.3 Å². The second-order valence-electron chi connectivity index (χ2n) is 7.83. The van der Waals surface area contributed by atoms with E-state index in [0.29, 0.717) is 41.3 Å². The van der Waals surface area contributed by atoms with E-state index in [1.165, 1.54) is 22.7 Å². The third-order valence-electron chi connectivity index (χ3n) is 5.50. The molecule has 7 nitrogen and oxygen atoms in total. The highest BCUT2D eigenvalue weighted by Crippen LogP contribution is 2.38. The summed E-state index contributed by atoms with van der Waals surface area (Å²) in [7, 11) is 0. The summed E-state index contributed by atoms with van der Waals surface area (Å²) in [5.74, 6) is -0.0560. The highest BCUT2D eigenvalue weighted by molar-refractivity contribution is 7.16. The van der Waals surface area contributed by atoms with E-state index in [2.05, 4.69) is 16.4 Å². The monoisotopic (exact) mass is 481 g/mol. The van der Waals surface area contributed by atoms with Crippen molar-refractivity contribution in [1.29, 1.82) is 5.26 Å². The molecular formula is C24H23N3O4S2. The van der Waals surface area contributed by atoms with Crippen LogP contribution in [0.4, 0.5) is 9.80 Å². The number of carbonyl (C=O) groups is 2. The fraction of sp³-hybridized carbons (Fsp3) is 0.333. The predicted octanol–water partition coefficient (Wildman–Crippen LogP) is 5.42. The Morgan fingerprint density at radius 1 is 1.33 bits per heavy atom. The lowest BCUT2D eigenvalue weighted by Gasteiger charge is -2.21. The molecule has 2 unspecified atom stereocenters. The lowest BCUT2D eigenvalue weighted by atomic mass is 9.93. The third kappa shape index (κ3) is 5.78. The highest BCUT2D eigenvalue weighted by atomic mass is 32.1. The second-order valence-corrected chi connectivity index (χ2v) is 9.92. The Kier molecular flexibility index (Phi) is 7.37. The van der Waals surface area contributed by atoms with Gasteiger partial charge in [-0.2, -0.15) is 5.26 Å². The first-order chi connectivity index (χ1) is 16.0. The van der Waals surface area contributed by atoms with Crippen LogP contribution in [0.3, 0.4) is 0 Å². The van der Waals surface area contributed by atoms with Gasteiger partial charge in [0.1, 0.15) is 28.8 Å². The van der Waals surface area contributed by atoms with Crippen LogP contribution in [0, 0.1) is 11.3 Å². The van der Waals surface area contributed by atoms with E-state index >= 15 is 0 Å².